The molecule has 1 unspecified atom stereocenters. The van der Waals surface area contributed by atoms with Crippen LogP contribution < -0.4 is 9.46 Å². The zero-order valence-corrected chi connectivity index (χ0v) is 16.6. The average molecular weight is 389 g/mol. The smallest absolute Gasteiger partial charge is 0.338 e. The van der Waals surface area contributed by atoms with Crippen LogP contribution in [0.15, 0.2) is 47.4 Å². The predicted octanol–water partition coefficient (Wildman–Crippen LogP) is 3.36. The molecule has 0 radical (unpaired) electrons. The predicted molar refractivity (Wildman–Crippen MR) is 101 cm³/mol. The number of methoxy groups -OCH3 is 1. The molecule has 0 saturated carbocycles. The molecule has 1 heterocycles. The van der Waals surface area contributed by atoms with Crippen molar-refractivity contribution in [3.63, 3.8) is 0 Å². The lowest BCUT2D eigenvalue weighted by atomic mass is 9.90. The molecule has 6 nitrogen and oxygen atoms in total. The van der Waals surface area contributed by atoms with E-state index in [1.807, 2.05) is 38.1 Å². The van der Waals surface area contributed by atoms with Gasteiger partial charge in [-0.2, -0.15) is 0 Å². The molecule has 1 atom stereocenters. The molecule has 144 valence electrons. The summed E-state index contributed by atoms with van der Waals surface area (Å²) in [5.74, 6) is 0.0997. The zero-order valence-electron chi connectivity index (χ0n) is 15.8. The number of rotatable bonds is 4. The molecule has 0 aromatic heterocycles. The van der Waals surface area contributed by atoms with E-state index in [1.54, 1.807) is 13.0 Å². The van der Waals surface area contributed by atoms with Crippen molar-refractivity contribution in [2.24, 2.45) is 0 Å². The van der Waals surface area contributed by atoms with Gasteiger partial charge in [0, 0.05) is 12.0 Å². The van der Waals surface area contributed by atoms with E-state index in [0.717, 1.165) is 5.56 Å². The first-order chi connectivity index (χ1) is 12.6. The fourth-order valence-electron chi connectivity index (χ4n) is 3.26. The van der Waals surface area contributed by atoms with Crippen molar-refractivity contribution in [3.05, 3.63) is 59.2 Å². The second kappa shape index (κ2) is 6.98. The lowest BCUT2D eigenvalue weighted by Gasteiger charge is -2.37. The number of aryl methyl sites for hydroxylation is 1. The summed E-state index contributed by atoms with van der Waals surface area (Å²) in [6.45, 7) is 5.57. The van der Waals surface area contributed by atoms with Crippen molar-refractivity contribution < 1.29 is 22.7 Å². The number of benzene rings is 2. The summed E-state index contributed by atoms with van der Waals surface area (Å²) in [7, 11) is -2.58. The van der Waals surface area contributed by atoms with Crippen molar-refractivity contribution in [1.29, 1.82) is 0 Å². The first-order valence-electron chi connectivity index (χ1n) is 8.62. The van der Waals surface area contributed by atoms with Crippen molar-refractivity contribution >= 4 is 16.0 Å². The largest absolute Gasteiger partial charge is 0.487 e. The Kier molecular flexibility index (Phi) is 5.01. The molecule has 7 heteroatoms. The fourth-order valence-corrected chi connectivity index (χ4v) is 4.50. The fraction of sp³-hybridized carbons (Fsp3) is 0.350. The minimum absolute atomic E-state index is 0.0234. The number of hydrogen-bond acceptors (Lipinski definition) is 5. The van der Waals surface area contributed by atoms with E-state index in [2.05, 4.69) is 4.72 Å². The number of ether oxygens (including phenoxy) is 2. The maximum absolute atomic E-state index is 13.0. The first kappa shape index (κ1) is 19.4. The minimum Gasteiger partial charge on any atom is -0.487 e. The molecular formula is C20H23NO5S. The average Bonchev–Trinajstić information content (AvgIpc) is 2.60. The Balaban J connectivity index is 1.97. The summed E-state index contributed by atoms with van der Waals surface area (Å²) in [5, 5.41) is 0. The monoisotopic (exact) mass is 389 g/mol. The molecule has 1 aliphatic heterocycles. The first-order valence-corrected chi connectivity index (χ1v) is 10.1. The number of fused-ring (bicyclic) bond motifs is 1. The maximum atomic E-state index is 13.0. The van der Waals surface area contributed by atoms with Gasteiger partial charge in [0.15, 0.2) is 0 Å². The summed E-state index contributed by atoms with van der Waals surface area (Å²) in [6.07, 6.45) is 0.485. The molecule has 0 aliphatic carbocycles. The number of carbonyl (C=O) groups excluding carboxylic acids is 1. The third-order valence-corrected chi connectivity index (χ3v) is 6.07. The summed E-state index contributed by atoms with van der Waals surface area (Å²) in [6, 6.07) is 11.4. The van der Waals surface area contributed by atoms with Gasteiger partial charge in [-0.05, 0) is 44.5 Å². The Hall–Kier alpha value is -2.38. The van der Waals surface area contributed by atoms with Gasteiger partial charge in [0.25, 0.3) is 0 Å². The van der Waals surface area contributed by atoms with Crippen LogP contribution >= 0.6 is 0 Å². The van der Waals surface area contributed by atoms with E-state index in [-0.39, 0.29) is 10.5 Å². The topological polar surface area (TPSA) is 81.7 Å². The minimum atomic E-state index is -3.85. The Morgan fingerprint density at radius 3 is 2.63 bits per heavy atom. The standard InChI is InChI=1S/C20H23NO5S/c1-13-9-10-14(11-16(13)19(22)25-4)27(23,24)21-17-12-20(2,3)26-18-8-6-5-7-15(17)18/h5-11,17,21H,12H2,1-4H3. The molecular weight excluding hydrogens is 366 g/mol. The van der Waals surface area contributed by atoms with Crippen LogP contribution in [0.4, 0.5) is 0 Å². The van der Waals surface area contributed by atoms with Crippen molar-refractivity contribution in [1.82, 2.24) is 4.72 Å². The van der Waals surface area contributed by atoms with E-state index >= 15 is 0 Å². The van der Waals surface area contributed by atoms with Gasteiger partial charge in [-0.1, -0.05) is 24.3 Å². The second-order valence-electron chi connectivity index (χ2n) is 7.25. The summed E-state index contributed by atoms with van der Waals surface area (Å²) in [4.78, 5) is 11.9. The van der Waals surface area contributed by atoms with Crippen LogP contribution in [-0.2, 0) is 14.8 Å². The molecule has 1 aliphatic rings. The van der Waals surface area contributed by atoms with Crippen LogP contribution in [0.3, 0.4) is 0 Å². The number of esters is 1. The van der Waals surface area contributed by atoms with Crippen molar-refractivity contribution in [2.75, 3.05) is 7.11 Å². The molecule has 0 saturated heterocycles. The molecule has 0 bridgehead atoms. The Morgan fingerprint density at radius 1 is 1.22 bits per heavy atom. The molecule has 2 aromatic rings. The second-order valence-corrected chi connectivity index (χ2v) is 8.96. The molecule has 0 fully saturated rings. The van der Waals surface area contributed by atoms with Crippen LogP contribution in [-0.4, -0.2) is 27.1 Å². The third-order valence-electron chi connectivity index (χ3n) is 4.60. The molecule has 27 heavy (non-hydrogen) atoms. The highest BCUT2D eigenvalue weighted by Crippen LogP contribution is 2.39. The van der Waals surface area contributed by atoms with E-state index in [4.69, 9.17) is 9.47 Å². The summed E-state index contributed by atoms with van der Waals surface area (Å²) < 4.78 is 39.4. The molecule has 1 N–H and O–H groups in total. The Labute approximate surface area is 159 Å². The maximum Gasteiger partial charge on any atom is 0.338 e. The van der Waals surface area contributed by atoms with Crippen molar-refractivity contribution in [3.8, 4) is 5.75 Å². The van der Waals surface area contributed by atoms with Gasteiger partial charge in [0.05, 0.1) is 23.6 Å². The number of carbonyl (C=O) groups is 1. The van der Waals surface area contributed by atoms with Gasteiger partial charge < -0.3 is 9.47 Å². The molecule has 3 rings (SSSR count). The van der Waals surface area contributed by atoms with Crippen LogP contribution in [0.1, 0.15) is 47.8 Å². The highest BCUT2D eigenvalue weighted by molar-refractivity contribution is 7.89. The van der Waals surface area contributed by atoms with Crippen LogP contribution in [0, 0.1) is 6.92 Å². The highest BCUT2D eigenvalue weighted by Gasteiger charge is 2.36. The zero-order chi connectivity index (χ0) is 19.8. The third kappa shape index (κ3) is 3.99. The SMILES string of the molecule is COC(=O)c1cc(S(=O)(=O)NC2CC(C)(C)Oc3ccccc32)ccc1C. The summed E-state index contributed by atoms with van der Waals surface area (Å²) in [5.41, 5.74) is 1.17. The quantitative estimate of drug-likeness (QED) is 0.811. The van der Waals surface area contributed by atoms with E-state index in [1.165, 1.54) is 19.2 Å². The summed E-state index contributed by atoms with van der Waals surface area (Å²) >= 11 is 0. The van der Waals surface area contributed by atoms with Gasteiger partial charge in [-0.15, -0.1) is 0 Å². The number of para-hydroxylation sites is 1. The van der Waals surface area contributed by atoms with Crippen LogP contribution in [0.25, 0.3) is 0 Å². The van der Waals surface area contributed by atoms with Gasteiger partial charge in [-0.3, -0.25) is 0 Å². The Bertz CT molecular complexity index is 982. The molecule has 2 aromatic carbocycles. The van der Waals surface area contributed by atoms with Crippen molar-refractivity contribution in [2.45, 2.75) is 43.7 Å². The van der Waals surface area contributed by atoms with E-state index in [0.29, 0.717) is 17.7 Å². The van der Waals surface area contributed by atoms with E-state index < -0.39 is 27.6 Å². The van der Waals surface area contributed by atoms with Gasteiger partial charge >= 0.3 is 5.97 Å². The lowest BCUT2D eigenvalue weighted by molar-refractivity contribution is 0.0599. The normalized spacial score (nSPS) is 18.3. The lowest BCUT2D eigenvalue weighted by Crippen LogP contribution is -2.41. The molecule has 0 spiro atoms. The highest BCUT2D eigenvalue weighted by atomic mass is 32.2. The molecule has 0 amide bonds. The van der Waals surface area contributed by atoms with Crippen LogP contribution in [0.2, 0.25) is 0 Å². The van der Waals surface area contributed by atoms with Gasteiger partial charge in [-0.25, -0.2) is 17.9 Å². The van der Waals surface area contributed by atoms with Gasteiger partial charge in [0.2, 0.25) is 10.0 Å². The Morgan fingerprint density at radius 2 is 1.93 bits per heavy atom. The van der Waals surface area contributed by atoms with Gasteiger partial charge in [0.1, 0.15) is 11.4 Å². The number of hydrogen-bond donors (Lipinski definition) is 1. The van der Waals surface area contributed by atoms with E-state index in [9.17, 15) is 13.2 Å². The van der Waals surface area contributed by atoms with Crippen LogP contribution in [0.5, 0.6) is 5.75 Å². The number of nitrogens with one attached hydrogen (secondary N) is 1. The number of sulfonamides is 1.